The molecule has 742 valence electrons. The van der Waals surface area contributed by atoms with Crippen molar-refractivity contribution in [1.29, 1.82) is 0 Å². The van der Waals surface area contributed by atoms with Gasteiger partial charge in [0.1, 0.15) is 0 Å². The van der Waals surface area contributed by atoms with Crippen LogP contribution in [0.3, 0.4) is 0 Å². The Kier molecular flexibility index (Phi) is 47.2. The monoisotopic (exact) mass is 1840 g/mol. The Morgan fingerprint density at radius 2 is 0.650 bits per heavy atom. The second-order valence-electron chi connectivity index (χ2n) is 46.4. The summed E-state index contributed by atoms with van der Waals surface area (Å²) in [6.07, 6.45) is -27.8. The fourth-order valence-corrected chi connectivity index (χ4v) is 17.5. The number of alkyl halides is 27. The zero-order chi connectivity index (χ0) is 97.8. The van der Waals surface area contributed by atoms with Gasteiger partial charge in [0.2, 0.25) is 0 Å². The minimum atomic E-state index is -5.20. The van der Waals surface area contributed by atoms with Gasteiger partial charge in [0.15, 0.2) is 16.2 Å². The van der Waals surface area contributed by atoms with Crippen LogP contribution in [0.25, 0.3) is 0 Å². The molecule has 0 aromatic carbocycles. The van der Waals surface area contributed by atoms with Gasteiger partial charge in [0, 0.05) is 0 Å². The third-order valence-corrected chi connectivity index (χ3v) is 30.8. The van der Waals surface area contributed by atoms with Gasteiger partial charge in [-0.15, -0.1) is 0 Å². The first-order valence-corrected chi connectivity index (χ1v) is 46.0. The highest BCUT2D eigenvalue weighted by molar-refractivity contribution is 5.03. The molecule has 10 saturated carbocycles. The fraction of sp³-hybridized carbons (Fsp3) is 1.00. The number of hydrogen-bond donors (Lipinski definition) is 0. The lowest BCUT2D eigenvalue weighted by Gasteiger charge is -2.49. The van der Waals surface area contributed by atoms with Gasteiger partial charge >= 0.3 is 55.6 Å². The molecule has 0 nitrogen and oxygen atoms in total. The van der Waals surface area contributed by atoms with Crippen LogP contribution in [-0.4, -0.2) is 55.6 Å². The summed E-state index contributed by atoms with van der Waals surface area (Å²) < 4.78 is 338. The number of rotatable bonds is 0. The van der Waals surface area contributed by atoms with E-state index in [-0.39, 0.29) is 67.6 Å². The van der Waals surface area contributed by atoms with E-state index in [1.165, 1.54) is 38.5 Å². The fourth-order valence-electron chi connectivity index (χ4n) is 17.5. The topological polar surface area (TPSA) is 0 Å². The Bertz CT molecular complexity index is 2750. The van der Waals surface area contributed by atoms with Crippen molar-refractivity contribution in [1.82, 2.24) is 0 Å². The Hall–Kier alpha value is -1.89. The second kappa shape index (κ2) is 47.1. The molecule has 1 spiro atoms. The van der Waals surface area contributed by atoms with Crippen molar-refractivity contribution in [2.45, 2.75) is 475 Å². The highest BCUT2D eigenvalue weighted by Crippen LogP contribution is 2.65. The van der Waals surface area contributed by atoms with Gasteiger partial charge in [0.05, 0.1) is 17.8 Å². The standard InChI is InChI=1S/C14H20F6.C11H24.C10H18.2C9H12F6.C9H15F3.2C8H13F3.C7H16.C6H14.C5H12/c1-10-2-4-11(5-3-10)6-8-12(9-7-11,13(15,16)17)14(18,19)20;1-9(2,3)11(7,8)10(4,5)6;1-8-7-9-3-5-10(8,2)6-4-9;1-6-2-4-7(5-3-6,8(10,11)12)9(13,14)15;1-6-4-2-3-5-7(6,8(10,11)12)9(13,14)15;1-6-4-3-5-8(7(6)2)9(10,11)12;1-6-2-4-7(5-3-6)8(9,10)11;1-6-3-2-4-7(5-6)8(9,10)11;1-6(2)7(3,4)5;1-5-6(2,3)4;1-5(2,3)4/h10H,2-9H2,1H3;1-8H3;8-9H,3-7H2,1-2H3;2*6H,2-5H2,1H3;6-8H,3-5H2,1-2H3;2*6-7H,2-5H2,1H3;6H,1-5H3;5H2,1-4H3;1-4H3/t;;8-,9?,10?;;6-;6?,7-,8?;;6-,7?;;;/m..0.11.1.../s1. The summed E-state index contributed by atoms with van der Waals surface area (Å²) in [6.45, 7) is 64.9. The van der Waals surface area contributed by atoms with Crippen LogP contribution < -0.4 is 0 Å². The largest absolute Gasteiger partial charge is 0.403 e. The van der Waals surface area contributed by atoms with Gasteiger partial charge in [-0.05, 0) is 244 Å². The molecule has 123 heavy (non-hydrogen) atoms. The maximum atomic E-state index is 13.0. The Labute approximate surface area is 727 Å². The first kappa shape index (κ1) is 123. The van der Waals surface area contributed by atoms with E-state index in [4.69, 9.17) is 0 Å². The molecule has 0 aliphatic heterocycles. The number of halogens is 27. The molecule has 10 aliphatic carbocycles. The molecule has 0 amide bonds. The average molecular weight is 1840 g/mol. The Morgan fingerprint density at radius 1 is 0.309 bits per heavy atom. The van der Waals surface area contributed by atoms with Gasteiger partial charge in [-0.3, -0.25) is 0 Å². The van der Waals surface area contributed by atoms with Crippen molar-refractivity contribution >= 4 is 0 Å². The van der Waals surface area contributed by atoms with Crippen molar-refractivity contribution in [3.8, 4) is 0 Å². The van der Waals surface area contributed by atoms with E-state index in [1.54, 1.807) is 13.8 Å². The highest BCUT2D eigenvalue weighted by Gasteiger charge is 2.74. The van der Waals surface area contributed by atoms with Crippen LogP contribution in [0.5, 0.6) is 0 Å². The summed E-state index contributed by atoms with van der Waals surface area (Å²) in [6, 6.07) is 0. The minimum Gasteiger partial charge on any atom is -0.171 e. The molecular weight excluding hydrogens is 1670 g/mol. The summed E-state index contributed by atoms with van der Waals surface area (Å²) >= 11 is 0. The molecule has 0 aromatic heterocycles. The van der Waals surface area contributed by atoms with Gasteiger partial charge in [-0.25, -0.2) is 0 Å². The Morgan fingerprint density at radius 3 is 0.894 bits per heavy atom. The zero-order valence-corrected chi connectivity index (χ0v) is 81.0. The van der Waals surface area contributed by atoms with Crippen LogP contribution in [0.4, 0.5) is 119 Å². The van der Waals surface area contributed by atoms with Crippen LogP contribution in [0.15, 0.2) is 0 Å². The van der Waals surface area contributed by atoms with Crippen LogP contribution in [0.2, 0.25) is 0 Å². The van der Waals surface area contributed by atoms with E-state index in [2.05, 4.69) is 166 Å². The van der Waals surface area contributed by atoms with Crippen molar-refractivity contribution in [3.63, 3.8) is 0 Å². The van der Waals surface area contributed by atoms with Gasteiger partial charge in [-0.1, -0.05) is 278 Å². The molecule has 0 saturated heterocycles. The van der Waals surface area contributed by atoms with E-state index < -0.39 is 128 Å². The zero-order valence-electron chi connectivity index (χ0n) is 81.0. The molecule has 7 atom stereocenters. The predicted molar refractivity (Wildman–Crippen MR) is 449 cm³/mol. The molecule has 0 N–H and O–H groups in total. The third-order valence-electron chi connectivity index (χ3n) is 30.8. The van der Waals surface area contributed by atoms with E-state index in [0.29, 0.717) is 82.9 Å². The molecule has 0 aromatic rings. The second-order valence-corrected chi connectivity index (χ2v) is 46.4. The molecule has 10 fully saturated rings. The minimum absolute atomic E-state index is 0.0106. The van der Waals surface area contributed by atoms with E-state index in [1.807, 2.05) is 20.8 Å². The number of fused-ring (bicyclic) bond motifs is 3. The van der Waals surface area contributed by atoms with Crippen LogP contribution >= 0.6 is 0 Å². The summed E-state index contributed by atoms with van der Waals surface area (Å²) in [7, 11) is 0. The van der Waals surface area contributed by atoms with E-state index >= 15 is 0 Å². The molecule has 3 unspecified atom stereocenters. The lowest BCUT2D eigenvalue weighted by Crippen LogP contribution is -2.55. The van der Waals surface area contributed by atoms with E-state index in [9.17, 15) is 119 Å². The summed E-state index contributed by atoms with van der Waals surface area (Å²) in [5.41, 5.74) is -7.28. The van der Waals surface area contributed by atoms with Crippen molar-refractivity contribution in [3.05, 3.63) is 0 Å². The van der Waals surface area contributed by atoms with Crippen LogP contribution in [0, 0.1) is 136 Å². The first-order chi connectivity index (χ1) is 54.4. The number of hydrogen-bond acceptors (Lipinski definition) is 0. The van der Waals surface area contributed by atoms with Crippen molar-refractivity contribution in [2.24, 2.45) is 136 Å². The van der Waals surface area contributed by atoms with Crippen LogP contribution in [-0.2, 0) is 0 Å². The lowest BCUT2D eigenvalue weighted by molar-refractivity contribution is -0.364. The van der Waals surface area contributed by atoms with Gasteiger partial charge in [-0.2, -0.15) is 119 Å². The molecule has 10 rings (SSSR count). The lowest BCUT2D eigenvalue weighted by atomic mass is 9.56. The third kappa shape index (κ3) is 39.8. The maximum Gasteiger partial charge on any atom is 0.403 e. The molecule has 0 radical (unpaired) electrons. The molecule has 2 bridgehead atoms. The summed E-state index contributed by atoms with van der Waals surface area (Å²) in [4.78, 5) is 0. The highest BCUT2D eigenvalue weighted by atomic mass is 19.5. The smallest absolute Gasteiger partial charge is 0.171 e. The van der Waals surface area contributed by atoms with E-state index in [0.717, 1.165) is 94.3 Å². The maximum absolute atomic E-state index is 13.0. The Balaban J connectivity index is 0. The normalized spacial score (nSPS) is 28.1. The quantitative estimate of drug-likeness (QED) is 0.212. The van der Waals surface area contributed by atoms with Gasteiger partial charge < -0.3 is 0 Å². The molecule has 0 heterocycles. The molecular formula is C96H169F27. The van der Waals surface area contributed by atoms with Crippen LogP contribution in [0.1, 0.15) is 420 Å². The van der Waals surface area contributed by atoms with Gasteiger partial charge in [0.25, 0.3) is 0 Å². The SMILES string of the molecule is CC(C)(C)C.CC(C)(C)C(C)(C)C(C)(C)C.CC(C)C(C)(C)C.CC1CCC(C(F)(F)F)(C(F)(F)F)CC1.CC1CCC(C(F)(F)F)CC1.CC1CCC2(CC1)CCC(C(F)(F)F)(C(F)(F)F)CC2.CC1CCCC(C(F)(F)F)[C@@H]1C.CCC(C)(C)C.C[C@@H]1CCCC(C(F)(F)F)C1.C[C@@H]1CCCCC1(C(F)(F)F)C(F)(F)F.C[C@H]1CC2CCC1(C)CC2. The average Bonchev–Trinajstić information content (AvgIpc) is 0.743. The van der Waals surface area contributed by atoms with Crippen molar-refractivity contribution in [2.75, 3.05) is 0 Å². The van der Waals surface area contributed by atoms with Crippen molar-refractivity contribution < 1.29 is 119 Å². The predicted octanol–water partition coefficient (Wildman–Crippen LogP) is 39.4. The summed E-state index contributed by atoms with van der Waals surface area (Å²) in [5, 5.41) is 0. The molecule has 27 heteroatoms. The molecule has 10 aliphatic rings. The first-order valence-electron chi connectivity index (χ1n) is 46.0. The summed E-state index contributed by atoms with van der Waals surface area (Å²) in [5.74, 6) is -0.282.